The molecule has 1 aliphatic rings. The third-order valence-electron chi connectivity index (χ3n) is 2.99. The number of thiazole rings is 1. The van der Waals surface area contributed by atoms with E-state index in [0.717, 1.165) is 17.3 Å². The normalized spacial score (nSPS) is 27.3. The minimum atomic E-state index is 0.249. The fourth-order valence-electron chi connectivity index (χ4n) is 2.13. The molecule has 0 bridgehead atoms. The lowest BCUT2D eigenvalue weighted by Gasteiger charge is -2.16. The molecule has 15 heavy (non-hydrogen) atoms. The summed E-state index contributed by atoms with van der Waals surface area (Å²) in [6.07, 6.45) is 6.12. The Morgan fingerprint density at radius 3 is 2.93 bits per heavy atom. The molecule has 0 saturated heterocycles. The number of rotatable bonds is 2. The summed E-state index contributed by atoms with van der Waals surface area (Å²) in [5, 5.41) is 3.09. The van der Waals surface area contributed by atoms with Crippen LogP contribution in [0.15, 0.2) is 5.38 Å². The first kappa shape index (κ1) is 11.2. The Morgan fingerprint density at radius 1 is 1.40 bits per heavy atom. The predicted octanol–water partition coefficient (Wildman–Crippen LogP) is 3.81. The quantitative estimate of drug-likeness (QED) is 0.584. The number of alkyl halides is 1. The van der Waals surface area contributed by atoms with Gasteiger partial charge in [-0.25, -0.2) is 4.98 Å². The third-order valence-corrected chi connectivity index (χ3v) is 4.33. The van der Waals surface area contributed by atoms with Gasteiger partial charge < -0.3 is 4.74 Å². The largest absolute Gasteiger partial charge is 0.473 e. The Bertz CT molecular complexity index is 315. The number of nitrogens with zero attached hydrogens (tertiary/aromatic N) is 1. The molecule has 1 saturated carbocycles. The minimum Gasteiger partial charge on any atom is -0.473 e. The second kappa shape index (κ2) is 5.17. The lowest BCUT2D eigenvalue weighted by Crippen LogP contribution is -2.11. The Kier molecular flexibility index (Phi) is 3.87. The van der Waals surface area contributed by atoms with E-state index in [1.54, 1.807) is 18.4 Å². The molecule has 0 amide bonds. The average Bonchev–Trinajstić information content (AvgIpc) is 2.62. The van der Waals surface area contributed by atoms with Crippen molar-refractivity contribution in [3.8, 4) is 5.19 Å². The van der Waals surface area contributed by atoms with Crippen LogP contribution in [-0.2, 0) is 0 Å². The van der Waals surface area contributed by atoms with Gasteiger partial charge >= 0.3 is 0 Å². The van der Waals surface area contributed by atoms with E-state index in [-0.39, 0.29) is 5.38 Å². The highest BCUT2D eigenvalue weighted by atomic mass is 35.5. The summed E-state index contributed by atoms with van der Waals surface area (Å²) < 4.78 is 5.12. The van der Waals surface area contributed by atoms with Crippen LogP contribution in [0.1, 0.15) is 43.7 Å². The maximum atomic E-state index is 6.40. The Hall–Kier alpha value is -0.280. The van der Waals surface area contributed by atoms with Crippen LogP contribution in [0.5, 0.6) is 5.19 Å². The molecular weight excluding hydrogens is 230 g/mol. The third kappa shape index (κ3) is 2.64. The summed E-state index contributed by atoms with van der Waals surface area (Å²) in [5.41, 5.74) is 1.12. The fourth-order valence-corrected chi connectivity index (χ4v) is 3.24. The van der Waals surface area contributed by atoms with Crippen LogP contribution < -0.4 is 4.74 Å². The van der Waals surface area contributed by atoms with Crippen molar-refractivity contribution in [2.45, 2.75) is 43.4 Å². The van der Waals surface area contributed by atoms with E-state index in [4.69, 9.17) is 16.3 Å². The summed E-state index contributed by atoms with van der Waals surface area (Å²) in [4.78, 5) is 4.46. The van der Waals surface area contributed by atoms with E-state index in [1.165, 1.54) is 25.7 Å². The second-order valence-electron chi connectivity index (χ2n) is 4.00. The molecule has 4 heteroatoms. The second-order valence-corrected chi connectivity index (χ2v) is 5.38. The molecule has 2 nitrogen and oxygen atoms in total. The van der Waals surface area contributed by atoms with Crippen LogP contribution in [0.25, 0.3) is 0 Å². The van der Waals surface area contributed by atoms with Gasteiger partial charge in [0.2, 0.25) is 0 Å². The molecule has 0 N–H and O–H groups in total. The highest BCUT2D eigenvalue weighted by Crippen LogP contribution is 2.36. The van der Waals surface area contributed by atoms with E-state index >= 15 is 0 Å². The van der Waals surface area contributed by atoms with Crippen molar-refractivity contribution in [1.82, 2.24) is 4.98 Å². The highest BCUT2D eigenvalue weighted by Gasteiger charge is 2.25. The molecule has 0 radical (unpaired) electrons. The van der Waals surface area contributed by atoms with Crippen molar-refractivity contribution in [3.63, 3.8) is 0 Å². The van der Waals surface area contributed by atoms with Gasteiger partial charge in [-0.15, -0.1) is 11.6 Å². The number of hydrogen-bond donors (Lipinski definition) is 0. The van der Waals surface area contributed by atoms with Crippen molar-refractivity contribution in [2.75, 3.05) is 7.11 Å². The van der Waals surface area contributed by atoms with Gasteiger partial charge in [0.15, 0.2) is 0 Å². The van der Waals surface area contributed by atoms with Crippen LogP contribution in [0, 0.1) is 0 Å². The maximum absolute atomic E-state index is 6.40. The molecule has 1 aromatic heterocycles. The van der Waals surface area contributed by atoms with Gasteiger partial charge in [-0.2, -0.15) is 0 Å². The minimum absolute atomic E-state index is 0.249. The van der Waals surface area contributed by atoms with Crippen LogP contribution in [0.3, 0.4) is 0 Å². The smallest absolute Gasteiger partial charge is 0.273 e. The summed E-state index contributed by atoms with van der Waals surface area (Å²) in [7, 11) is 1.66. The van der Waals surface area contributed by atoms with Gasteiger partial charge in [0.1, 0.15) is 0 Å². The van der Waals surface area contributed by atoms with Gasteiger partial charge in [-0.05, 0) is 12.8 Å². The lowest BCUT2D eigenvalue weighted by atomic mass is 9.97. The number of hydrogen-bond acceptors (Lipinski definition) is 3. The highest BCUT2D eigenvalue weighted by molar-refractivity contribution is 7.11. The van der Waals surface area contributed by atoms with E-state index < -0.39 is 0 Å². The van der Waals surface area contributed by atoms with Crippen LogP contribution in [0.2, 0.25) is 0 Å². The molecule has 2 rings (SSSR count). The van der Waals surface area contributed by atoms with Crippen LogP contribution >= 0.6 is 22.9 Å². The zero-order valence-corrected chi connectivity index (χ0v) is 10.5. The predicted molar refractivity (Wildman–Crippen MR) is 64.1 cm³/mol. The van der Waals surface area contributed by atoms with Crippen molar-refractivity contribution >= 4 is 22.9 Å². The fraction of sp³-hybridized carbons (Fsp3) is 0.727. The van der Waals surface area contributed by atoms with Crippen molar-refractivity contribution in [3.05, 3.63) is 11.1 Å². The van der Waals surface area contributed by atoms with Crippen molar-refractivity contribution in [1.29, 1.82) is 0 Å². The van der Waals surface area contributed by atoms with Gasteiger partial charge in [-0.1, -0.05) is 30.6 Å². The molecule has 1 aliphatic carbocycles. The molecular formula is C11H16ClNOS. The standard InChI is InChI=1S/C11H16ClNOS/c1-14-11-13-10(7-15-11)8-5-3-2-4-6-9(8)12/h7-9H,2-6H2,1H3. The zero-order chi connectivity index (χ0) is 10.7. The van der Waals surface area contributed by atoms with E-state index in [9.17, 15) is 0 Å². The number of halogens is 1. The topological polar surface area (TPSA) is 22.1 Å². The molecule has 1 aromatic rings. The van der Waals surface area contributed by atoms with Crippen molar-refractivity contribution < 1.29 is 4.74 Å². The number of methoxy groups -OCH3 is 1. The summed E-state index contributed by atoms with van der Waals surface area (Å²) in [5.74, 6) is 0.425. The number of ether oxygens (including phenoxy) is 1. The summed E-state index contributed by atoms with van der Waals surface area (Å²) in [6, 6.07) is 0. The Balaban J connectivity index is 2.12. The molecule has 84 valence electrons. The first-order valence-electron chi connectivity index (χ1n) is 5.44. The lowest BCUT2D eigenvalue weighted by molar-refractivity contribution is 0.409. The first-order chi connectivity index (χ1) is 7.31. The molecule has 2 atom stereocenters. The van der Waals surface area contributed by atoms with Gasteiger partial charge in [-0.3, -0.25) is 0 Å². The molecule has 1 fully saturated rings. The maximum Gasteiger partial charge on any atom is 0.273 e. The Labute approximate surface area is 99.6 Å². The molecule has 0 aromatic carbocycles. The summed E-state index contributed by atoms with van der Waals surface area (Å²) >= 11 is 7.96. The molecule has 0 aliphatic heterocycles. The van der Waals surface area contributed by atoms with Crippen LogP contribution in [0.4, 0.5) is 0 Å². The van der Waals surface area contributed by atoms with Gasteiger partial charge in [0.25, 0.3) is 5.19 Å². The van der Waals surface area contributed by atoms with Crippen molar-refractivity contribution in [2.24, 2.45) is 0 Å². The summed E-state index contributed by atoms with van der Waals surface area (Å²) in [6.45, 7) is 0. The monoisotopic (exact) mass is 245 g/mol. The molecule has 0 spiro atoms. The van der Waals surface area contributed by atoms with E-state index in [1.807, 2.05) is 0 Å². The number of aromatic nitrogens is 1. The Morgan fingerprint density at radius 2 is 2.20 bits per heavy atom. The average molecular weight is 246 g/mol. The van der Waals surface area contributed by atoms with Gasteiger partial charge in [0.05, 0.1) is 12.8 Å². The first-order valence-corrected chi connectivity index (χ1v) is 6.76. The molecule has 1 heterocycles. The van der Waals surface area contributed by atoms with Crippen LogP contribution in [-0.4, -0.2) is 17.5 Å². The van der Waals surface area contributed by atoms with E-state index in [0.29, 0.717) is 5.92 Å². The molecule has 2 unspecified atom stereocenters. The zero-order valence-electron chi connectivity index (χ0n) is 8.91. The van der Waals surface area contributed by atoms with Gasteiger partial charge in [0, 0.05) is 16.7 Å². The van der Waals surface area contributed by atoms with E-state index in [2.05, 4.69) is 10.4 Å². The SMILES string of the molecule is COc1nc(C2CCCCCC2Cl)cs1.